The van der Waals surface area contributed by atoms with Crippen LogP contribution in [0.3, 0.4) is 0 Å². The van der Waals surface area contributed by atoms with Gasteiger partial charge in [0.05, 0.1) is 12.1 Å². The van der Waals surface area contributed by atoms with E-state index in [4.69, 9.17) is 0 Å². The molecule has 23 heavy (non-hydrogen) atoms. The maximum absolute atomic E-state index is 12.7. The summed E-state index contributed by atoms with van der Waals surface area (Å²) < 4.78 is 1.57. The molecular weight excluding hydrogens is 290 g/mol. The Kier molecular flexibility index (Phi) is 3.93. The summed E-state index contributed by atoms with van der Waals surface area (Å²) in [5.74, 6) is -0.124. The minimum Gasteiger partial charge on any atom is -0.345 e. The summed E-state index contributed by atoms with van der Waals surface area (Å²) in [5, 5.41) is 1.22. The largest absolute Gasteiger partial charge is 0.345 e. The van der Waals surface area contributed by atoms with Crippen LogP contribution in [0.1, 0.15) is 15.9 Å². The van der Waals surface area contributed by atoms with Crippen molar-refractivity contribution in [1.29, 1.82) is 0 Å². The normalized spacial score (nSPS) is 10.7. The number of rotatable bonds is 3. The molecule has 3 aromatic rings. The van der Waals surface area contributed by atoms with Crippen LogP contribution in [0.2, 0.25) is 0 Å². The fourth-order valence-corrected chi connectivity index (χ4v) is 2.56. The predicted molar refractivity (Wildman–Crippen MR) is 89.6 cm³/mol. The highest BCUT2D eigenvalue weighted by molar-refractivity contribution is 6.06. The number of aromatic nitrogens is 2. The summed E-state index contributed by atoms with van der Waals surface area (Å²) in [4.78, 5) is 30.8. The second-order valence-corrected chi connectivity index (χ2v) is 5.58. The van der Waals surface area contributed by atoms with Gasteiger partial charge in [-0.25, -0.2) is 0 Å². The number of amides is 1. The Morgan fingerprint density at radius 1 is 1.13 bits per heavy atom. The molecule has 5 heteroatoms. The molecule has 5 nitrogen and oxygen atoms in total. The second kappa shape index (κ2) is 6.04. The van der Waals surface area contributed by atoms with E-state index in [1.165, 1.54) is 4.90 Å². The Labute approximate surface area is 133 Å². The number of nitrogens with zero attached hydrogens (tertiary/aromatic N) is 3. The van der Waals surface area contributed by atoms with E-state index in [0.29, 0.717) is 22.9 Å². The van der Waals surface area contributed by atoms with E-state index >= 15 is 0 Å². The fraction of sp³-hybridized carbons (Fsp3) is 0.167. The average Bonchev–Trinajstić information content (AvgIpc) is 2.57. The molecule has 0 saturated carbocycles. The van der Waals surface area contributed by atoms with Gasteiger partial charge >= 0.3 is 0 Å². The van der Waals surface area contributed by atoms with Gasteiger partial charge in [0.15, 0.2) is 0 Å². The molecule has 0 aliphatic heterocycles. The van der Waals surface area contributed by atoms with Gasteiger partial charge in [-0.3, -0.25) is 14.6 Å². The van der Waals surface area contributed by atoms with Crippen LogP contribution in [0, 0.1) is 0 Å². The molecule has 0 saturated heterocycles. The predicted octanol–water partition coefficient (Wildman–Crippen LogP) is 2.15. The highest BCUT2D eigenvalue weighted by atomic mass is 16.2. The fourth-order valence-electron chi connectivity index (χ4n) is 2.56. The van der Waals surface area contributed by atoms with Gasteiger partial charge in [0.1, 0.15) is 0 Å². The standard InChI is InChI=1S/C18H17N3O2/c1-20(2)17(22)16-12-21(11-13-6-5-9-19-10-13)18(23)15-8-4-3-7-14(15)16/h3-10,12H,11H2,1-2H3. The number of carbonyl (C=O) groups is 1. The van der Waals surface area contributed by atoms with Crippen molar-refractivity contribution < 1.29 is 4.79 Å². The first-order chi connectivity index (χ1) is 11.1. The molecule has 2 aromatic heterocycles. The number of hydrogen-bond acceptors (Lipinski definition) is 3. The lowest BCUT2D eigenvalue weighted by molar-refractivity contribution is 0.0828. The van der Waals surface area contributed by atoms with E-state index in [1.54, 1.807) is 43.3 Å². The molecule has 0 aliphatic carbocycles. The van der Waals surface area contributed by atoms with Crippen molar-refractivity contribution in [3.05, 3.63) is 76.5 Å². The molecule has 0 fully saturated rings. The van der Waals surface area contributed by atoms with Crippen molar-refractivity contribution >= 4 is 16.7 Å². The zero-order valence-electron chi connectivity index (χ0n) is 13.1. The lowest BCUT2D eigenvalue weighted by Crippen LogP contribution is -2.27. The van der Waals surface area contributed by atoms with E-state index in [-0.39, 0.29) is 11.5 Å². The number of pyridine rings is 2. The minimum atomic E-state index is -0.124. The Morgan fingerprint density at radius 2 is 1.87 bits per heavy atom. The van der Waals surface area contributed by atoms with Crippen LogP contribution in [0.15, 0.2) is 59.8 Å². The van der Waals surface area contributed by atoms with Crippen LogP contribution in [0.25, 0.3) is 10.8 Å². The summed E-state index contributed by atoms with van der Waals surface area (Å²) in [7, 11) is 3.40. The maximum atomic E-state index is 12.7. The molecule has 116 valence electrons. The second-order valence-electron chi connectivity index (χ2n) is 5.58. The van der Waals surface area contributed by atoms with Crippen LogP contribution in [0.5, 0.6) is 0 Å². The monoisotopic (exact) mass is 307 g/mol. The van der Waals surface area contributed by atoms with Crippen molar-refractivity contribution in [2.24, 2.45) is 0 Å². The van der Waals surface area contributed by atoms with Gasteiger partial charge in [-0.1, -0.05) is 24.3 Å². The first-order valence-corrected chi connectivity index (χ1v) is 7.30. The molecular formula is C18H17N3O2. The number of carbonyl (C=O) groups excluding carboxylic acids is 1. The highest BCUT2D eigenvalue weighted by Gasteiger charge is 2.16. The highest BCUT2D eigenvalue weighted by Crippen LogP contribution is 2.17. The zero-order valence-corrected chi connectivity index (χ0v) is 13.1. The summed E-state index contributed by atoms with van der Waals surface area (Å²) in [5.41, 5.74) is 1.32. The molecule has 0 unspecified atom stereocenters. The van der Waals surface area contributed by atoms with Crippen molar-refractivity contribution in [3.8, 4) is 0 Å². The van der Waals surface area contributed by atoms with Crippen LogP contribution >= 0.6 is 0 Å². The third-order valence-corrected chi connectivity index (χ3v) is 3.71. The van der Waals surface area contributed by atoms with Crippen molar-refractivity contribution in [1.82, 2.24) is 14.5 Å². The van der Waals surface area contributed by atoms with Gasteiger partial charge in [-0.2, -0.15) is 0 Å². The number of hydrogen-bond donors (Lipinski definition) is 0. The Morgan fingerprint density at radius 3 is 2.52 bits per heavy atom. The van der Waals surface area contributed by atoms with Gasteiger partial charge in [-0.05, 0) is 17.7 Å². The van der Waals surface area contributed by atoms with Crippen LogP contribution in [0.4, 0.5) is 0 Å². The smallest absolute Gasteiger partial charge is 0.258 e. The Bertz CT molecular complexity index is 914. The zero-order chi connectivity index (χ0) is 16.4. The summed E-state index contributed by atoms with van der Waals surface area (Å²) in [6.45, 7) is 0.380. The van der Waals surface area contributed by atoms with E-state index in [2.05, 4.69) is 4.98 Å². The number of benzene rings is 1. The molecule has 3 rings (SSSR count). The average molecular weight is 307 g/mol. The lowest BCUT2D eigenvalue weighted by Gasteiger charge is -2.15. The van der Waals surface area contributed by atoms with E-state index < -0.39 is 0 Å². The van der Waals surface area contributed by atoms with Gasteiger partial charge in [0.2, 0.25) is 0 Å². The Hall–Kier alpha value is -2.95. The topological polar surface area (TPSA) is 55.2 Å². The van der Waals surface area contributed by atoms with Crippen LogP contribution < -0.4 is 5.56 Å². The van der Waals surface area contributed by atoms with Gasteiger partial charge in [0, 0.05) is 43.5 Å². The minimum absolute atomic E-state index is 0.111. The van der Waals surface area contributed by atoms with Crippen molar-refractivity contribution in [2.45, 2.75) is 6.54 Å². The third kappa shape index (κ3) is 2.85. The van der Waals surface area contributed by atoms with Crippen LogP contribution in [-0.4, -0.2) is 34.5 Å². The molecule has 0 spiro atoms. The van der Waals surface area contributed by atoms with Crippen molar-refractivity contribution in [3.63, 3.8) is 0 Å². The molecule has 0 atom stereocenters. The van der Waals surface area contributed by atoms with Crippen LogP contribution in [-0.2, 0) is 6.54 Å². The summed E-state index contributed by atoms with van der Waals surface area (Å²) in [6, 6.07) is 10.9. The van der Waals surface area contributed by atoms with Crippen molar-refractivity contribution in [2.75, 3.05) is 14.1 Å². The molecule has 1 amide bonds. The van der Waals surface area contributed by atoms with E-state index in [0.717, 1.165) is 5.56 Å². The first kappa shape index (κ1) is 15.0. The maximum Gasteiger partial charge on any atom is 0.258 e. The first-order valence-electron chi connectivity index (χ1n) is 7.30. The molecule has 0 aliphatic rings. The summed E-state index contributed by atoms with van der Waals surface area (Å²) in [6.07, 6.45) is 5.04. The van der Waals surface area contributed by atoms with E-state index in [9.17, 15) is 9.59 Å². The quantitative estimate of drug-likeness (QED) is 0.745. The molecule has 1 aromatic carbocycles. The molecule has 0 bridgehead atoms. The SMILES string of the molecule is CN(C)C(=O)c1cn(Cc2cccnc2)c(=O)c2ccccc12. The Balaban J connectivity index is 2.21. The van der Waals surface area contributed by atoms with Gasteiger partial charge in [-0.15, -0.1) is 0 Å². The molecule has 0 radical (unpaired) electrons. The number of fused-ring (bicyclic) bond motifs is 1. The summed E-state index contributed by atoms with van der Waals surface area (Å²) >= 11 is 0. The lowest BCUT2D eigenvalue weighted by atomic mass is 10.1. The third-order valence-electron chi connectivity index (χ3n) is 3.71. The van der Waals surface area contributed by atoms with Gasteiger partial charge in [0.25, 0.3) is 11.5 Å². The molecule has 0 N–H and O–H groups in total. The van der Waals surface area contributed by atoms with Gasteiger partial charge < -0.3 is 9.47 Å². The molecule has 2 heterocycles. The van der Waals surface area contributed by atoms with E-state index in [1.807, 2.05) is 30.3 Å².